The summed E-state index contributed by atoms with van der Waals surface area (Å²) in [6, 6.07) is 55.3. The van der Waals surface area contributed by atoms with Crippen LogP contribution in [0.4, 0.5) is 0 Å². The molecule has 1 unspecified atom stereocenters. The summed E-state index contributed by atoms with van der Waals surface area (Å²) >= 11 is 0. The molecule has 1 nitrogen and oxygen atoms in total. The standard InChI is InChI=1S/C45H31N/c1-2-14-32-28-35(26-25-30(32)12-1)45-37(24-11-27-46-45)33-16-9-17-34(29-33)43-39-19-5-7-21-41(39)44(42-22-8-6-20-40(42)43)38-23-10-15-31-13-3-4-18-36(31)38/h1-27,29,35H,28H2. The molecule has 0 saturated heterocycles. The first kappa shape index (κ1) is 26.6. The molecule has 0 saturated carbocycles. The van der Waals surface area contributed by atoms with Crippen molar-refractivity contribution in [1.29, 1.82) is 0 Å². The summed E-state index contributed by atoms with van der Waals surface area (Å²) in [6.07, 6.45) is 7.48. The Hall–Kier alpha value is -5.79. The van der Waals surface area contributed by atoms with Crippen molar-refractivity contribution in [3.63, 3.8) is 0 Å². The number of aromatic nitrogens is 1. The lowest BCUT2D eigenvalue weighted by atomic mass is 9.83. The van der Waals surface area contributed by atoms with Crippen molar-refractivity contribution in [1.82, 2.24) is 4.98 Å². The van der Waals surface area contributed by atoms with E-state index in [0.717, 1.165) is 12.1 Å². The fraction of sp³-hybridized carbons (Fsp3) is 0.0444. The van der Waals surface area contributed by atoms with E-state index in [2.05, 4.69) is 164 Å². The third kappa shape index (κ3) is 4.36. The van der Waals surface area contributed by atoms with Gasteiger partial charge in [0.15, 0.2) is 0 Å². The molecule has 9 rings (SSSR count). The van der Waals surface area contributed by atoms with Crippen LogP contribution in [0.15, 0.2) is 164 Å². The van der Waals surface area contributed by atoms with Crippen LogP contribution in [0.3, 0.4) is 0 Å². The second kappa shape index (κ2) is 11.0. The monoisotopic (exact) mass is 585 g/mol. The Labute approximate surface area is 269 Å². The highest BCUT2D eigenvalue weighted by Gasteiger charge is 2.21. The molecular weight excluding hydrogens is 555 g/mol. The molecule has 1 aromatic heterocycles. The third-order valence-electron chi connectivity index (χ3n) is 9.65. The smallest absolute Gasteiger partial charge is 0.0553 e. The fourth-order valence-corrected chi connectivity index (χ4v) is 7.57. The lowest BCUT2D eigenvalue weighted by Gasteiger charge is -2.22. The largest absolute Gasteiger partial charge is 0.260 e. The molecule has 7 aromatic carbocycles. The molecule has 1 heterocycles. The van der Waals surface area contributed by atoms with Gasteiger partial charge in [-0.3, -0.25) is 4.98 Å². The maximum Gasteiger partial charge on any atom is 0.0553 e. The molecule has 0 spiro atoms. The van der Waals surface area contributed by atoms with E-state index in [1.165, 1.54) is 76.8 Å². The second-order valence-corrected chi connectivity index (χ2v) is 12.3. The van der Waals surface area contributed by atoms with Gasteiger partial charge in [0.05, 0.1) is 5.69 Å². The van der Waals surface area contributed by atoms with Gasteiger partial charge in [0, 0.05) is 17.7 Å². The van der Waals surface area contributed by atoms with Crippen LogP contribution in [-0.2, 0) is 6.42 Å². The second-order valence-electron chi connectivity index (χ2n) is 12.3. The van der Waals surface area contributed by atoms with Gasteiger partial charge in [-0.1, -0.05) is 152 Å². The molecule has 8 aromatic rings. The van der Waals surface area contributed by atoms with Crippen LogP contribution >= 0.6 is 0 Å². The van der Waals surface area contributed by atoms with E-state index < -0.39 is 0 Å². The van der Waals surface area contributed by atoms with E-state index in [1.54, 1.807) is 0 Å². The first-order valence-electron chi connectivity index (χ1n) is 16.1. The molecule has 0 bridgehead atoms. The van der Waals surface area contributed by atoms with Crippen LogP contribution in [0.5, 0.6) is 0 Å². The zero-order valence-electron chi connectivity index (χ0n) is 25.4. The molecular formula is C45H31N. The van der Waals surface area contributed by atoms with E-state index in [4.69, 9.17) is 4.98 Å². The molecule has 0 radical (unpaired) electrons. The van der Waals surface area contributed by atoms with E-state index in [1.807, 2.05) is 6.20 Å². The normalized spacial score (nSPS) is 14.1. The van der Waals surface area contributed by atoms with E-state index >= 15 is 0 Å². The van der Waals surface area contributed by atoms with Crippen molar-refractivity contribution in [2.75, 3.05) is 0 Å². The SMILES string of the molecule is C1=CC(c2ncccc2-c2cccc(-c3c4ccccc4c(-c4cccc5ccccc45)c4ccccc34)c2)Cc2ccccc21. The van der Waals surface area contributed by atoms with Crippen LogP contribution in [0.2, 0.25) is 0 Å². The predicted molar refractivity (Wildman–Crippen MR) is 195 cm³/mol. The average Bonchev–Trinajstić information content (AvgIpc) is 3.13. The zero-order chi connectivity index (χ0) is 30.5. The van der Waals surface area contributed by atoms with Gasteiger partial charge in [-0.25, -0.2) is 0 Å². The summed E-state index contributed by atoms with van der Waals surface area (Å²) in [5.74, 6) is 0.233. The number of hydrogen-bond donors (Lipinski definition) is 0. The highest BCUT2D eigenvalue weighted by Crippen LogP contribution is 2.46. The molecule has 0 N–H and O–H groups in total. The van der Waals surface area contributed by atoms with Crippen molar-refractivity contribution in [2.45, 2.75) is 12.3 Å². The Morgan fingerprint density at radius 3 is 1.89 bits per heavy atom. The average molecular weight is 586 g/mol. The summed E-state index contributed by atoms with van der Waals surface area (Å²) in [5, 5.41) is 7.60. The quantitative estimate of drug-likeness (QED) is 0.187. The first-order chi connectivity index (χ1) is 22.8. The summed E-state index contributed by atoms with van der Waals surface area (Å²) in [4.78, 5) is 4.97. The molecule has 1 atom stereocenters. The van der Waals surface area contributed by atoms with Gasteiger partial charge in [0.1, 0.15) is 0 Å². The van der Waals surface area contributed by atoms with E-state index in [9.17, 15) is 0 Å². The maximum atomic E-state index is 4.97. The van der Waals surface area contributed by atoms with Crippen LogP contribution < -0.4 is 0 Å². The Kier molecular flexibility index (Phi) is 6.35. The summed E-state index contributed by atoms with van der Waals surface area (Å²) in [7, 11) is 0. The van der Waals surface area contributed by atoms with Crippen molar-refractivity contribution < 1.29 is 0 Å². The van der Waals surface area contributed by atoms with Crippen molar-refractivity contribution in [2.24, 2.45) is 0 Å². The maximum absolute atomic E-state index is 4.97. The highest BCUT2D eigenvalue weighted by molar-refractivity contribution is 6.23. The molecule has 1 aliphatic rings. The minimum absolute atomic E-state index is 0.233. The molecule has 0 amide bonds. The number of nitrogens with zero attached hydrogens (tertiary/aromatic N) is 1. The number of fused-ring (bicyclic) bond motifs is 4. The Bertz CT molecular complexity index is 2400. The number of rotatable bonds is 4. The number of allylic oxidation sites excluding steroid dienone is 1. The molecule has 0 aliphatic heterocycles. The Morgan fingerprint density at radius 1 is 0.478 bits per heavy atom. The van der Waals surface area contributed by atoms with Crippen LogP contribution in [0, 0.1) is 0 Å². The van der Waals surface area contributed by atoms with Crippen LogP contribution in [-0.4, -0.2) is 4.98 Å². The summed E-state index contributed by atoms with van der Waals surface area (Å²) < 4.78 is 0. The van der Waals surface area contributed by atoms with Gasteiger partial charge >= 0.3 is 0 Å². The third-order valence-corrected chi connectivity index (χ3v) is 9.65. The van der Waals surface area contributed by atoms with Gasteiger partial charge in [-0.2, -0.15) is 0 Å². The molecule has 1 aliphatic carbocycles. The van der Waals surface area contributed by atoms with Gasteiger partial charge < -0.3 is 0 Å². The van der Waals surface area contributed by atoms with Crippen molar-refractivity contribution >= 4 is 38.4 Å². The van der Waals surface area contributed by atoms with Gasteiger partial charge in [0.25, 0.3) is 0 Å². The van der Waals surface area contributed by atoms with Gasteiger partial charge in [-0.05, 0) is 89.8 Å². The topological polar surface area (TPSA) is 12.9 Å². The first-order valence-corrected chi connectivity index (χ1v) is 16.1. The lowest BCUT2D eigenvalue weighted by molar-refractivity contribution is 0.796. The number of hydrogen-bond acceptors (Lipinski definition) is 1. The van der Waals surface area contributed by atoms with Crippen LogP contribution in [0.25, 0.3) is 71.8 Å². The Morgan fingerprint density at radius 2 is 1.09 bits per heavy atom. The molecule has 216 valence electrons. The van der Waals surface area contributed by atoms with Crippen molar-refractivity contribution in [3.05, 3.63) is 181 Å². The number of pyridine rings is 1. The van der Waals surface area contributed by atoms with Gasteiger partial charge in [0.2, 0.25) is 0 Å². The lowest BCUT2D eigenvalue weighted by Crippen LogP contribution is -2.08. The van der Waals surface area contributed by atoms with E-state index in [0.29, 0.717) is 0 Å². The highest BCUT2D eigenvalue weighted by atomic mass is 14.7. The van der Waals surface area contributed by atoms with Crippen molar-refractivity contribution in [3.8, 4) is 33.4 Å². The zero-order valence-corrected chi connectivity index (χ0v) is 25.4. The molecule has 46 heavy (non-hydrogen) atoms. The van der Waals surface area contributed by atoms with Crippen LogP contribution in [0.1, 0.15) is 22.7 Å². The number of benzene rings is 7. The summed E-state index contributed by atoms with van der Waals surface area (Å²) in [6.45, 7) is 0. The predicted octanol–water partition coefficient (Wildman–Crippen LogP) is 11.9. The summed E-state index contributed by atoms with van der Waals surface area (Å²) in [5.41, 5.74) is 11.3. The van der Waals surface area contributed by atoms with Gasteiger partial charge in [-0.15, -0.1) is 0 Å². The molecule has 0 fully saturated rings. The minimum Gasteiger partial charge on any atom is -0.260 e. The Balaban J connectivity index is 1.25. The minimum atomic E-state index is 0.233. The fourth-order valence-electron chi connectivity index (χ4n) is 7.57. The molecule has 1 heteroatoms. The van der Waals surface area contributed by atoms with E-state index in [-0.39, 0.29) is 5.92 Å².